The maximum atomic E-state index is 11.5. The van der Waals surface area contributed by atoms with Crippen LogP contribution >= 0.6 is 23.2 Å². The van der Waals surface area contributed by atoms with E-state index in [9.17, 15) is 9.90 Å². The molecule has 4 nitrogen and oxygen atoms in total. The van der Waals surface area contributed by atoms with E-state index >= 15 is 0 Å². The van der Waals surface area contributed by atoms with Gasteiger partial charge in [0.2, 0.25) is 0 Å². The molecule has 0 spiro atoms. The lowest BCUT2D eigenvalue weighted by Crippen LogP contribution is -2.47. The van der Waals surface area contributed by atoms with E-state index in [0.717, 1.165) is 30.5 Å². The molecule has 1 amide bonds. The average molecular weight is 389 g/mol. The summed E-state index contributed by atoms with van der Waals surface area (Å²) in [6, 6.07) is 10.5. The van der Waals surface area contributed by atoms with Crippen LogP contribution in [0.15, 0.2) is 30.3 Å². The second-order valence-electron chi connectivity index (χ2n) is 7.33. The van der Waals surface area contributed by atoms with Crippen LogP contribution in [0, 0.1) is 0 Å². The van der Waals surface area contributed by atoms with Crippen LogP contribution in [0.4, 0.5) is 10.5 Å². The summed E-state index contributed by atoms with van der Waals surface area (Å²) in [6.07, 6.45) is 1.10. The van der Waals surface area contributed by atoms with Crippen molar-refractivity contribution in [3.63, 3.8) is 0 Å². The smallest absolute Gasteiger partial charge is 0.407 e. The Bertz CT molecular complexity index is 930. The van der Waals surface area contributed by atoms with Gasteiger partial charge in [0.05, 0.1) is 0 Å². The van der Waals surface area contributed by atoms with Gasteiger partial charge < -0.3 is 14.9 Å². The Hall–Kier alpha value is -1.91. The minimum Gasteiger partial charge on any atom is -0.465 e. The Morgan fingerprint density at radius 2 is 2.00 bits per heavy atom. The highest BCUT2D eigenvalue weighted by Gasteiger charge is 2.45. The molecule has 0 aromatic heterocycles. The summed E-state index contributed by atoms with van der Waals surface area (Å²) in [5, 5.41) is 10.7. The number of nitrogens with zero attached hydrogens (tertiary/aromatic N) is 2. The number of likely N-dealkylation sites (tertiary alicyclic amines) is 1. The van der Waals surface area contributed by atoms with Gasteiger partial charge in [0.15, 0.2) is 0 Å². The Morgan fingerprint density at radius 1 is 1.15 bits per heavy atom. The molecule has 1 fully saturated rings. The third-order valence-electron chi connectivity index (χ3n) is 6.02. The molecule has 2 atom stereocenters. The first-order chi connectivity index (χ1) is 12.5. The molecule has 3 aliphatic rings. The number of hydrogen-bond acceptors (Lipinski definition) is 2. The molecule has 26 heavy (non-hydrogen) atoms. The first-order valence-electron chi connectivity index (χ1n) is 8.89. The van der Waals surface area contributed by atoms with Gasteiger partial charge in [0, 0.05) is 52.9 Å². The zero-order chi connectivity index (χ0) is 18.0. The van der Waals surface area contributed by atoms with Gasteiger partial charge in [-0.15, -0.1) is 0 Å². The summed E-state index contributed by atoms with van der Waals surface area (Å²) in [5.41, 5.74) is 6.02. The van der Waals surface area contributed by atoms with E-state index in [-0.39, 0.29) is 5.92 Å². The molecule has 2 aromatic carbocycles. The third-order valence-corrected chi connectivity index (χ3v) is 6.56. The van der Waals surface area contributed by atoms with Gasteiger partial charge in [-0.2, -0.15) is 0 Å². The number of benzene rings is 2. The Kier molecular flexibility index (Phi) is 3.63. The van der Waals surface area contributed by atoms with Crippen LogP contribution in [0.2, 0.25) is 10.0 Å². The predicted octanol–water partition coefficient (Wildman–Crippen LogP) is 4.87. The lowest BCUT2D eigenvalue weighted by Gasteiger charge is -2.37. The molecule has 3 aliphatic heterocycles. The summed E-state index contributed by atoms with van der Waals surface area (Å²) in [4.78, 5) is 15.5. The van der Waals surface area contributed by atoms with Crippen molar-refractivity contribution in [3.8, 4) is 11.1 Å². The quantitative estimate of drug-likeness (QED) is 0.757. The molecule has 0 bridgehead atoms. The molecular weight excluding hydrogens is 371 g/mol. The lowest BCUT2D eigenvalue weighted by molar-refractivity contribution is 0.127. The van der Waals surface area contributed by atoms with Crippen molar-refractivity contribution in [1.29, 1.82) is 0 Å². The molecule has 2 aromatic rings. The second-order valence-corrected chi connectivity index (χ2v) is 8.18. The van der Waals surface area contributed by atoms with Crippen molar-refractivity contribution in [1.82, 2.24) is 4.90 Å². The van der Waals surface area contributed by atoms with Crippen molar-refractivity contribution in [2.75, 3.05) is 24.5 Å². The number of rotatable bonds is 1. The predicted molar refractivity (Wildman–Crippen MR) is 104 cm³/mol. The molecule has 1 saturated heterocycles. The summed E-state index contributed by atoms with van der Waals surface area (Å²) in [6.45, 7) is 2.21. The van der Waals surface area contributed by atoms with Gasteiger partial charge in [-0.3, -0.25) is 0 Å². The van der Waals surface area contributed by atoms with Crippen molar-refractivity contribution in [2.45, 2.75) is 24.8 Å². The Labute approximate surface area is 161 Å². The summed E-state index contributed by atoms with van der Waals surface area (Å²) in [5.74, 6) is 0.236. The minimum absolute atomic E-state index is 0.236. The zero-order valence-corrected chi connectivity index (χ0v) is 15.6. The van der Waals surface area contributed by atoms with Crippen molar-refractivity contribution in [2.24, 2.45) is 0 Å². The summed E-state index contributed by atoms with van der Waals surface area (Å²) in [7, 11) is 0. The third kappa shape index (κ3) is 2.32. The maximum Gasteiger partial charge on any atom is 0.407 e. The van der Waals surface area contributed by atoms with E-state index in [2.05, 4.69) is 17.0 Å². The summed E-state index contributed by atoms with van der Waals surface area (Å²) >= 11 is 12.5. The Morgan fingerprint density at radius 3 is 2.77 bits per heavy atom. The van der Waals surface area contributed by atoms with Crippen LogP contribution in [-0.4, -0.2) is 41.8 Å². The van der Waals surface area contributed by atoms with E-state index in [1.165, 1.54) is 16.8 Å². The van der Waals surface area contributed by atoms with Gasteiger partial charge >= 0.3 is 6.09 Å². The van der Waals surface area contributed by atoms with Gasteiger partial charge in [0.1, 0.15) is 0 Å². The number of fused-ring (bicyclic) bond motifs is 3. The highest BCUT2D eigenvalue weighted by atomic mass is 35.5. The number of carbonyl (C=O) groups is 1. The van der Waals surface area contributed by atoms with Crippen LogP contribution in [0.3, 0.4) is 0 Å². The molecule has 0 aliphatic carbocycles. The number of amides is 1. The standard InChI is InChI=1S/C20H18Cl2N2O2/c21-13-1-2-14(17(22)9-13)12-7-11-3-6-24-18-4-5-23(20(25)26)10-16(18)15(8-12)19(11)24/h1-2,7-9,16,18H,3-6,10H2,(H,25,26)/t16-,18-/m0/s1. The second kappa shape index (κ2) is 5.80. The van der Waals surface area contributed by atoms with E-state index in [1.54, 1.807) is 11.0 Å². The van der Waals surface area contributed by atoms with Crippen LogP contribution in [0.25, 0.3) is 11.1 Å². The topological polar surface area (TPSA) is 43.8 Å². The highest BCUT2D eigenvalue weighted by Crippen LogP contribution is 2.51. The highest BCUT2D eigenvalue weighted by molar-refractivity contribution is 6.36. The van der Waals surface area contributed by atoms with Gasteiger partial charge in [-0.05, 0) is 53.8 Å². The number of hydrogen-bond donors (Lipinski definition) is 1. The molecule has 0 unspecified atom stereocenters. The van der Waals surface area contributed by atoms with Crippen LogP contribution in [0.5, 0.6) is 0 Å². The first kappa shape index (κ1) is 16.3. The first-order valence-corrected chi connectivity index (χ1v) is 9.65. The number of piperidine rings is 1. The minimum atomic E-state index is -0.822. The van der Waals surface area contributed by atoms with Crippen molar-refractivity contribution in [3.05, 3.63) is 51.5 Å². The van der Waals surface area contributed by atoms with Crippen LogP contribution < -0.4 is 4.90 Å². The monoisotopic (exact) mass is 388 g/mol. The lowest BCUT2D eigenvalue weighted by atomic mass is 9.86. The van der Waals surface area contributed by atoms with Crippen LogP contribution in [0.1, 0.15) is 23.5 Å². The summed E-state index contributed by atoms with van der Waals surface area (Å²) < 4.78 is 0. The number of halogens is 2. The van der Waals surface area contributed by atoms with Crippen molar-refractivity contribution < 1.29 is 9.90 Å². The molecule has 0 radical (unpaired) electrons. The number of anilines is 1. The molecule has 0 saturated carbocycles. The molecular formula is C20H18Cl2N2O2. The Balaban J connectivity index is 1.62. The maximum absolute atomic E-state index is 11.5. The van der Waals surface area contributed by atoms with Gasteiger partial charge in [-0.1, -0.05) is 29.3 Å². The van der Waals surface area contributed by atoms with E-state index in [4.69, 9.17) is 23.2 Å². The fourth-order valence-electron chi connectivity index (χ4n) is 4.90. The molecule has 134 valence electrons. The van der Waals surface area contributed by atoms with Crippen molar-refractivity contribution >= 4 is 35.0 Å². The molecule has 1 N–H and O–H groups in total. The fourth-order valence-corrected chi connectivity index (χ4v) is 5.42. The average Bonchev–Trinajstić information content (AvgIpc) is 3.17. The van der Waals surface area contributed by atoms with E-state index < -0.39 is 6.09 Å². The fraction of sp³-hybridized carbons (Fsp3) is 0.350. The van der Waals surface area contributed by atoms with Crippen LogP contribution in [-0.2, 0) is 6.42 Å². The van der Waals surface area contributed by atoms with Gasteiger partial charge in [-0.25, -0.2) is 4.79 Å². The molecule has 3 heterocycles. The number of carboxylic acid groups (broad SMARTS) is 1. The SMILES string of the molecule is O=C(O)N1CC[C@H]2[C@@H](C1)c1cc(-c3ccc(Cl)cc3Cl)cc3c1N2CC3. The zero-order valence-electron chi connectivity index (χ0n) is 14.1. The largest absolute Gasteiger partial charge is 0.465 e. The van der Waals surface area contributed by atoms with Gasteiger partial charge in [0.25, 0.3) is 0 Å². The normalized spacial score (nSPS) is 23.2. The molecule has 6 heteroatoms. The van der Waals surface area contributed by atoms with E-state index in [0.29, 0.717) is 29.2 Å². The molecule has 5 rings (SSSR count). The van der Waals surface area contributed by atoms with E-state index in [1.807, 2.05) is 12.1 Å².